The van der Waals surface area contributed by atoms with Gasteiger partial charge in [0.05, 0.1) is 10.2 Å². The maximum absolute atomic E-state index is 6.74. The minimum Gasteiger partial charge on any atom is -0.309 e. The van der Waals surface area contributed by atoms with E-state index < -0.39 is 0 Å². The summed E-state index contributed by atoms with van der Waals surface area (Å²) in [6.07, 6.45) is 0. The Hall–Kier alpha value is -0.920. The van der Waals surface area contributed by atoms with Crippen molar-refractivity contribution in [3.05, 3.63) is 39.1 Å². The van der Waals surface area contributed by atoms with Gasteiger partial charge < -0.3 is 4.85 Å². The van der Waals surface area contributed by atoms with Crippen LogP contribution in [0.15, 0.2) is 22.7 Å². The average molecular weight is 253 g/mol. The zero-order chi connectivity index (χ0) is 9.26. The van der Waals surface area contributed by atoms with E-state index >= 15 is 0 Å². The van der Waals surface area contributed by atoms with Crippen LogP contribution < -0.4 is 0 Å². The molecule has 0 amide bonds. The standard InChI is InChI=1S/C9H5BrN2S/c1-11-5-9-12-7-4-6(10)2-3-8(7)13-9/h2-4H,5H2. The third kappa shape index (κ3) is 1.71. The highest BCUT2D eigenvalue weighted by atomic mass is 79.9. The molecular formula is C9H5BrN2S. The van der Waals surface area contributed by atoms with E-state index in [9.17, 15) is 0 Å². The van der Waals surface area contributed by atoms with Crippen LogP contribution in [0.4, 0.5) is 0 Å². The molecule has 0 N–H and O–H groups in total. The quantitative estimate of drug-likeness (QED) is 0.711. The summed E-state index contributed by atoms with van der Waals surface area (Å²) in [5.41, 5.74) is 0.970. The summed E-state index contributed by atoms with van der Waals surface area (Å²) in [5, 5.41) is 0.892. The van der Waals surface area contributed by atoms with Crippen molar-refractivity contribution in [2.24, 2.45) is 0 Å². The van der Waals surface area contributed by atoms with Crippen molar-refractivity contribution >= 4 is 37.5 Å². The second-order valence-electron chi connectivity index (χ2n) is 2.54. The topological polar surface area (TPSA) is 17.2 Å². The second-order valence-corrected chi connectivity index (χ2v) is 4.57. The van der Waals surface area contributed by atoms with Crippen LogP contribution >= 0.6 is 27.3 Å². The smallest absolute Gasteiger partial charge is 0.265 e. The fourth-order valence-corrected chi connectivity index (χ4v) is 2.30. The van der Waals surface area contributed by atoms with Crippen LogP contribution in [0.1, 0.15) is 5.01 Å². The highest BCUT2D eigenvalue weighted by Crippen LogP contribution is 2.25. The lowest BCUT2D eigenvalue weighted by Crippen LogP contribution is -1.74. The molecule has 2 aromatic rings. The van der Waals surface area contributed by atoms with Gasteiger partial charge in [0.25, 0.3) is 6.54 Å². The summed E-state index contributed by atoms with van der Waals surface area (Å²) in [6.45, 7) is 7.12. The van der Waals surface area contributed by atoms with Crippen LogP contribution in [-0.4, -0.2) is 4.98 Å². The van der Waals surface area contributed by atoms with Crippen molar-refractivity contribution in [2.75, 3.05) is 0 Å². The van der Waals surface area contributed by atoms with Gasteiger partial charge in [0, 0.05) is 4.47 Å². The molecule has 0 aliphatic heterocycles. The van der Waals surface area contributed by atoms with Gasteiger partial charge in [0.1, 0.15) is 0 Å². The van der Waals surface area contributed by atoms with E-state index in [4.69, 9.17) is 6.57 Å². The number of halogens is 1. The van der Waals surface area contributed by atoms with E-state index in [1.54, 1.807) is 11.3 Å². The van der Waals surface area contributed by atoms with Crippen molar-refractivity contribution in [3.8, 4) is 0 Å². The first-order valence-electron chi connectivity index (χ1n) is 3.68. The molecule has 64 valence electrons. The first-order chi connectivity index (χ1) is 6.29. The first kappa shape index (κ1) is 8.67. The minimum atomic E-state index is 0.386. The molecule has 0 fully saturated rings. The van der Waals surface area contributed by atoms with E-state index in [0.717, 1.165) is 19.7 Å². The van der Waals surface area contributed by atoms with Crippen molar-refractivity contribution < 1.29 is 0 Å². The van der Waals surface area contributed by atoms with E-state index in [0.29, 0.717) is 6.54 Å². The molecule has 0 aliphatic rings. The highest BCUT2D eigenvalue weighted by Gasteiger charge is 2.04. The lowest BCUT2D eigenvalue weighted by molar-refractivity contribution is 1.21. The zero-order valence-corrected chi connectivity index (χ0v) is 9.02. The number of hydrogen-bond donors (Lipinski definition) is 0. The molecule has 0 spiro atoms. The summed E-state index contributed by atoms with van der Waals surface area (Å²) in [6, 6.07) is 5.98. The molecule has 0 atom stereocenters. The van der Waals surface area contributed by atoms with Crippen LogP contribution in [-0.2, 0) is 6.54 Å². The van der Waals surface area contributed by atoms with Crippen LogP contribution in [0, 0.1) is 6.57 Å². The Balaban J connectivity index is 2.57. The Morgan fingerprint density at radius 2 is 2.38 bits per heavy atom. The van der Waals surface area contributed by atoms with Gasteiger partial charge in [0.15, 0.2) is 5.01 Å². The third-order valence-corrected chi connectivity index (χ3v) is 3.12. The fraction of sp³-hybridized carbons (Fsp3) is 0.111. The summed E-state index contributed by atoms with van der Waals surface area (Å²) in [7, 11) is 0. The fourth-order valence-electron chi connectivity index (χ4n) is 1.08. The summed E-state index contributed by atoms with van der Waals surface area (Å²) >= 11 is 4.97. The SMILES string of the molecule is [C-]#[N+]Cc1nc2cc(Br)ccc2s1. The second kappa shape index (κ2) is 3.44. The maximum Gasteiger partial charge on any atom is 0.265 e. The first-order valence-corrected chi connectivity index (χ1v) is 5.29. The van der Waals surface area contributed by atoms with Gasteiger partial charge in [-0.3, -0.25) is 0 Å². The predicted octanol–water partition coefficient (Wildman–Crippen LogP) is 3.48. The number of benzene rings is 1. The molecule has 0 radical (unpaired) electrons. The molecule has 1 aromatic heterocycles. The number of fused-ring (bicyclic) bond motifs is 1. The van der Waals surface area contributed by atoms with E-state index in [2.05, 4.69) is 25.8 Å². The van der Waals surface area contributed by atoms with Gasteiger partial charge in [-0.1, -0.05) is 15.9 Å². The minimum absolute atomic E-state index is 0.386. The monoisotopic (exact) mass is 252 g/mol. The Labute approximate surface area is 88.2 Å². The molecule has 0 bridgehead atoms. The number of nitrogens with zero attached hydrogens (tertiary/aromatic N) is 2. The molecule has 0 unspecified atom stereocenters. The maximum atomic E-state index is 6.74. The zero-order valence-electron chi connectivity index (χ0n) is 6.62. The van der Waals surface area contributed by atoms with Crippen molar-refractivity contribution in [3.63, 3.8) is 0 Å². The molecule has 4 heteroatoms. The third-order valence-electron chi connectivity index (χ3n) is 1.61. The van der Waals surface area contributed by atoms with Gasteiger partial charge in [0.2, 0.25) is 0 Å². The molecule has 2 rings (SSSR count). The van der Waals surface area contributed by atoms with Gasteiger partial charge in [-0.15, -0.1) is 11.3 Å². The van der Waals surface area contributed by atoms with Gasteiger partial charge in [-0.2, -0.15) is 0 Å². The molecule has 2 nitrogen and oxygen atoms in total. The lowest BCUT2D eigenvalue weighted by Gasteiger charge is -1.86. The number of rotatable bonds is 1. The highest BCUT2D eigenvalue weighted by molar-refractivity contribution is 9.10. The van der Waals surface area contributed by atoms with E-state index in [1.165, 1.54) is 0 Å². The normalized spacial score (nSPS) is 10.2. The van der Waals surface area contributed by atoms with Gasteiger partial charge in [-0.05, 0) is 18.2 Å². The summed E-state index contributed by atoms with van der Waals surface area (Å²) in [5.74, 6) is 0. The largest absolute Gasteiger partial charge is 0.309 e. The lowest BCUT2D eigenvalue weighted by atomic mass is 10.3. The van der Waals surface area contributed by atoms with Crippen LogP contribution in [0.5, 0.6) is 0 Å². The van der Waals surface area contributed by atoms with E-state index in [1.807, 2.05) is 18.2 Å². The Bertz CT molecular complexity index is 484. The predicted molar refractivity (Wildman–Crippen MR) is 57.6 cm³/mol. The van der Waals surface area contributed by atoms with E-state index in [-0.39, 0.29) is 0 Å². The van der Waals surface area contributed by atoms with Crippen LogP contribution in [0.3, 0.4) is 0 Å². The van der Waals surface area contributed by atoms with Gasteiger partial charge >= 0.3 is 0 Å². The summed E-state index contributed by atoms with van der Waals surface area (Å²) in [4.78, 5) is 7.65. The molecule has 0 saturated carbocycles. The number of aromatic nitrogens is 1. The van der Waals surface area contributed by atoms with Crippen molar-refractivity contribution in [2.45, 2.75) is 6.54 Å². The molecule has 1 heterocycles. The Morgan fingerprint density at radius 1 is 1.54 bits per heavy atom. The molecule has 1 aromatic carbocycles. The molecule has 13 heavy (non-hydrogen) atoms. The Kier molecular flexibility index (Phi) is 2.30. The number of thiazole rings is 1. The molecule has 0 aliphatic carbocycles. The Morgan fingerprint density at radius 3 is 3.15 bits per heavy atom. The average Bonchev–Trinajstić information content (AvgIpc) is 2.46. The number of hydrogen-bond acceptors (Lipinski definition) is 2. The van der Waals surface area contributed by atoms with Gasteiger partial charge in [-0.25, -0.2) is 11.6 Å². The summed E-state index contributed by atoms with van der Waals surface area (Å²) < 4.78 is 2.17. The van der Waals surface area contributed by atoms with Crippen molar-refractivity contribution in [1.29, 1.82) is 0 Å². The van der Waals surface area contributed by atoms with Crippen molar-refractivity contribution in [1.82, 2.24) is 4.98 Å². The molecule has 0 saturated heterocycles. The van der Waals surface area contributed by atoms with Crippen LogP contribution in [0.2, 0.25) is 0 Å². The molecular weight excluding hydrogens is 248 g/mol. The van der Waals surface area contributed by atoms with Crippen LogP contribution in [0.25, 0.3) is 15.1 Å².